The summed E-state index contributed by atoms with van der Waals surface area (Å²) < 4.78 is 1.62. The molecule has 0 saturated heterocycles. The highest BCUT2D eigenvalue weighted by molar-refractivity contribution is 5.92. The maximum absolute atomic E-state index is 11.9. The summed E-state index contributed by atoms with van der Waals surface area (Å²) in [6.07, 6.45) is 0.787. The summed E-state index contributed by atoms with van der Waals surface area (Å²) in [6.45, 7) is 7.41. The van der Waals surface area contributed by atoms with E-state index in [1.807, 2.05) is 6.07 Å². The Labute approximate surface area is 102 Å². The molecule has 0 aliphatic heterocycles. The van der Waals surface area contributed by atoms with E-state index in [9.17, 15) is 4.79 Å². The van der Waals surface area contributed by atoms with E-state index in [0.29, 0.717) is 18.8 Å². The number of rotatable bonds is 4. The average Bonchev–Trinajstić information content (AvgIpc) is 2.60. The number of hydrogen-bond acceptors (Lipinski definition) is 3. The molecule has 17 heavy (non-hydrogen) atoms. The topological polar surface area (TPSA) is 72.9 Å². The lowest BCUT2D eigenvalue weighted by atomic mass is 9.92. The van der Waals surface area contributed by atoms with Crippen molar-refractivity contribution in [3.63, 3.8) is 0 Å². The van der Waals surface area contributed by atoms with Crippen LogP contribution in [-0.2, 0) is 12.5 Å². The Hall–Kier alpha value is -1.36. The molecule has 0 atom stereocenters. The molecule has 0 spiro atoms. The summed E-state index contributed by atoms with van der Waals surface area (Å²) in [5.41, 5.74) is 6.84. The second-order valence-corrected chi connectivity index (χ2v) is 5.19. The quantitative estimate of drug-likeness (QED) is 0.762. The number of nitrogens with two attached hydrogens (primary N) is 1. The van der Waals surface area contributed by atoms with Crippen LogP contribution in [-0.4, -0.2) is 28.8 Å². The van der Waals surface area contributed by atoms with Crippen LogP contribution in [0.15, 0.2) is 6.07 Å². The molecule has 0 aliphatic rings. The van der Waals surface area contributed by atoms with Gasteiger partial charge in [-0.3, -0.25) is 9.48 Å². The third kappa shape index (κ3) is 3.56. The van der Waals surface area contributed by atoms with Crippen LogP contribution in [0.25, 0.3) is 0 Å². The first-order chi connectivity index (χ1) is 7.86. The Morgan fingerprint density at radius 1 is 1.53 bits per heavy atom. The van der Waals surface area contributed by atoms with Gasteiger partial charge in [-0.2, -0.15) is 5.10 Å². The minimum Gasteiger partial charge on any atom is -0.351 e. The molecule has 0 saturated carbocycles. The van der Waals surface area contributed by atoms with Gasteiger partial charge in [-0.15, -0.1) is 0 Å². The van der Waals surface area contributed by atoms with Gasteiger partial charge in [-0.1, -0.05) is 20.8 Å². The number of amides is 1. The molecule has 96 valence electrons. The van der Waals surface area contributed by atoms with Gasteiger partial charge in [0.05, 0.1) is 5.69 Å². The predicted molar refractivity (Wildman–Crippen MR) is 67.9 cm³/mol. The molecule has 3 N–H and O–H groups in total. The third-order valence-corrected chi connectivity index (χ3v) is 2.55. The monoisotopic (exact) mass is 238 g/mol. The molecule has 1 rings (SSSR count). The normalized spacial score (nSPS) is 11.6. The van der Waals surface area contributed by atoms with Gasteiger partial charge in [0.1, 0.15) is 5.69 Å². The Kier molecular flexibility index (Phi) is 4.28. The lowest BCUT2D eigenvalue weighted by Crippen LogP contribution is -2.27. The fourth-order valence-electron chi connectivity index (χ4n) is 1.44. The van der Waals surface area contributed by atoms with Crippen LogP contribution in [0.4, 0.5) is 0 Å². The maximum atomic E-state index is 11.9. The van der Waals surface area contributed by atoms with Gasteiger partial charge in [-0.25, -0.2) is 0 Å². The van der Waals surface area contributed by atoms with Gasteiger partial charge in [0.2, 0.25) is 0 Å². The van der Waals surface area contributed by atoms with Crippen molar-refractivity contribution in [3.05, 3.63) is 17.5 Å². The molecule has 0 radical (unpaired) electrons. The molecule has 0 aromatic carbocycles. The molecule has 0 aliphatic carbocycles. The van der Waals surface area contributed by atoms with E-state index in [0.717, 1.165) is 12.1 Å². The van der Waals surface area contributed by atoms with E-state index in [1.54, 1.807) is 11.7 Å². The van der Waals surface area contributed by atoms with Gasteiger partial charge >= 0.3 is 0 Å². The first kappa shape index (κ1) is 13.7. The van der Waals surface area contributed by atoms with Crippen molar-refractivity contribution < 1.29 is 4.79 Å². The molecule has 1 heterocycles. The molecule has 5 nitrogen and oxygen atoms in total. The average molecular weight is 238 g/mol. The number of carbonyl (C=O) groups is 1. The minimum absolute atomic E-state index is 0.0481. The molecule has 1 aromatic heterocycles. The van der Waals surface area contributed by atoms with E-state index in [4.69, 9.17) is 5.73 Å². The van der Waals surface area contributed by atoms with Crippen molar-refractivity contribution >= 4 is 5.91 Å². The third-order valence-electron chi connectivity index (χ3n) is 2.55. The standard InChI is InChI=1S/C12H22N4O/c1-12(2,3)10-8-9(16(4)15-10)11(17)14-7-5-6-13/h8H,5-7,13H2,1-4H3,(H,14,17). The van der Waals surface area contributed by atoms with E-state index in [-0.39, 0.29) is 11.3 Å². The summed E-state index contributed by atoms with van der Waals surface area (Å²) in [6, 6.07) is 1.85. The van der Waals surface area contributed by atoms with Crippen molar-refractivity contribution in [2.24, 2.45) is 12.8 Å². The molecule has 0 fully saturated rings. The number of aryl methyl sites for hydroxylation is 1. The van der Waals surface area contributed by atoms with Crippen molar-refractivity contribution in [2.45, 2.75) is 32.6 Å². The van der Waals surface area contributed by atoms with E-state index < -0.39 is 0 Å². The second kappa shape index (κ2) is 5.31. The van der Waals surface area contributed by atoms with Crippen LogP contribution in [0, 0.1) is 0 Å². The molecule has 1 amide bonds. The highest BCUT2D eigenvalue weighted by Crippen LogP contribution is 2.21. The summed E-state index contributed by atoms with van der Waals surface area (Å²) in [5.74, 6) is -0.0936. The van der Waals surface area contributed by atoms with Gasteiger partial charge < -0.3 is 11.1 Å². The molecule has 0 bridgehead atoms. The Bertz CT molecular complexity index is 390. The first-order valence-electron chi connectivity index (χ1n) is 5.89. The second-order valence-electron chi connectivity index (χ2n) is 5.19. The lowest BCUT2D eigenvalue weighted by Gasteiger charge is -2.13. The molecular formula is C12H22N4O. The molecular weight excluding hydrogens is 216 g/mol. The van der Waals surface area contributed by atoms with Gasteiger partial charge in [0.15, 0.2) is 0 Å². The van der Waals surface area contributed by atoms with Crippen LogP contribution < -0.4 is 11.1 Å². The summed E-state index contributed by atoms with van der Waals surface area (Å²) >= 11 is 0. The van der Waals surface area contributed by atoms with E-state index in [2.05, 4.69) is 31.2 Å². The fourth-order valence-corrected chi connectivity index (χ4v) is 1.44. The number of hydrogen-bond donors (Lipinski definition) is 2. The van der Waals surface area contributed by atoms with E-state index >= 15 is 0 Å². The molecule has 5 heteroatoms. The summed E-state index contributed by atoms with van der Waals surface area (Å²) in [7, 11) is 1.78. The zero-order chi connectivity index (χ0) is 13.1. The molecule has 0 unspecified atom stereocenters. The highest BCUT2D eigenvalue weighted by atomic mass is 16.2. The highest BCUT2D eigenvalue weighted by Gasteiger charge is 2.21. The van der Waals surface area contributed by atoms with Crippen LogP contribution in [0.5, 0.6) is 0 Å². The summed E-state index contributed by atoms with van der Waals surface area (Å²) in [4.78, 5) is 11.9. The SMILES string of the molecule is Cn1nc(C(C)(C)C)cc1C(=O)NCCCN. The zero-order valence-electron chi connectivity index (χ0n) is 11.1. The zero-order valence-corrected chi connectivity index (χ0v) is 11.1. The Morgan fingerprint density at radius 2 is 2.18 bits per heavy atom. The van der Waals surface area contributed by atoms with Crippen LogP contribution >= 0.6 is 0 Å². The largest absolute Gasteiger partial charge is 0.351 e. The van der Waals surface area contributed by atoms with Crippen molar-refractivity contribution in [1.29, 1.82) is 0 Å². The minimum atomic E-state index is -0.0936. The van der Waals surface area contributed by atoms with Gasteiger partial charge in [0, 0.05) is 19.0 Å². The summed E-state index contributed by atoms with van der Waals surface area (Å²) in [5, 5.41) is 7.19. The number of nitrogens with one attached hydrogen (secondary N) is 1. The lowest BCUT2D eigenvalue weighted by molar-refractivity contribution is 0.0944. The first-order valence-corrected chi connectivity index (χ1v) is 5.89. The van der Waals surface area contributed by atoms with Crippen LogP contribution in [0.2, 0.25) is 0 Å². The number of aromatic nitrogens is 2. The van der Waals surface area contributed by atoms with Crippen molar-refractivity contribution in [3.8, 4) is 0 Å². The van der Waals surface area contributed by atoms with Crippen LogP contribution in [0.3, 0.4) is 0 Å². The van der Waals surface area contributed by atoms with Crippen molar-refractivity contribution in [2.75, 3.05) is 13.1 Å². The number of nitrogens with zero attached hydrogens (tertiary/aromatic N) is 2. The fraction of sp³-hybridized carbons (Fsp3) is 0.667. The smallest absolute Gasteiger partial charge is 0.269 e. The number of carbonyl (C=O) groups excluding carboxylic acids is 1. The predicted octanol–water partition coefficient (Wildman–Crippen LogP) is 0.796. The Balaban J connectivity index is 2.77. The van der Waals surface area contributed by atoms with Gasteiger partial charge in [0.25, 0.3) is 5.91 Å². The van der Waals surface area contributed by atoms with Crippen LogP contribution in [0.1, 0.15) is 43.4 Å². The molecule has 1 aromatic rings. The van der Waals surface area contributed by atoms with Gasteiger partial charge in [-0.05, 0) is 19.0 Å². The van der Waals surface area contributed by atoms with Crippen molar-refractivity contribution in [1.82, 2.24) is 15.1 Å². The maximum Gasteiger partial charge on any atom is 0.269 e. The van der Waals surface area contributed by atoms with E-state index in [1.165, 1.54) is 0 Å². The Morgan fingerprint density at radius 3 is 2.65 bits per heavy atom.